The lowest BCUT2D eigenvalue weighted by atomic mass is 9.92. The van der Waals surface area contributed by atoms with E-state index in [1.165, 1.54) is 66.8 Å². The molecule has 0 atom stereocenters. The molecule has 0 N–H and O–H groups in total. The van der Waals surface area contributed by atoms with E-state index < -0.39 is 0 Å². The van der Waals surface area contributed by atoms with Gasteiger partial charge in [-0.3, -0.25) is 0 Å². The third-order valence-electron chi connectivity index (χ3n) is 11.7. The maximum atomic E-state index is 2.33. The van der Waals surface area contributed by atoms with Gasteiger partial charge in [-0.2, -0.15) is 0 Å². The summed E-state index contributed by atoms with van der Waals surface area (Å²) in [6.07, 6.45) is 15.5. The molecule has 9 rings (SSSR count). The van der Waals surface area contributed by atoms with Crippen molar-refractivity contribution in [3.63, 3.8) is 0 Å². The number of hydrogen-bond donors (Lipinski definition) is 0. The first kappa shape index (κ1) is 41.3. The predicted octanol–water partition coefficient (Wildman–Crippen LogP) is 16.4. The molecule has 0 aromatic heterocycles. The maximum Gasteiger partial charge on any atom is -0.00258 e. The minimum absolute atomic E-state index is 0.916. The Kier molecular flexibility index (Phi) is 13.3. The summed E-state index contributed by atoms with van der Waals surface area (Å²) < 4.78 is 0. The summed E-state index contributed by atoms with van der Waals surface area (Å²) in [5.74, 6) is 0. The molecule has 64 heavy (non-hydrogen) atoms. The van der Waals surface area contributed by atoms with E-state index >= 15 is 0 Å². The van der Waals surface area contributed by atoms with Crippen LogP contribution in [-0.4, -0.2) is 0 Å². The van der Waals surface area contributed by atoms with Crippen molar-refractivity contribution in [3.8, 4) is 0 Å². The number of rotatable bonds is 14. The van der Waals surface area contributed by atoms with Crippen LogP contribution in [0.5, 0.6) is 0 Å². The van der Waals surface area contributed by atoms with E-state index in [2.05, 4.69) is 279 Å². The van der Waals surface area contributed by atoms with Gasteiger partial charge < -0.3 is 0 Å². The molecule has 0 heterocycles. The average molecular weight is 819 g/mol. The molecule has 0 aliphatic heterocycles. The van der Waals surface area contributed by atoms with Gasteiger partial charge >= 0.3 is 0 Å². The van der Waals surface area contributed by atoms with Crippen LogP contribution in [0.4, 0.5) is 0 Å². The van der Waals surface area contributed by atoms with E-state index in [0.717, 1.165) is 35.1 Å². The molecule has 0 unspecified atom stereocenters. The lowest BCUT2D eigenvalue weighted by Gasteiger charge is -2.12. The monoisotopic (exact) mass is 818 g/mol. The molecule has 0 heteroatoms. The van der Waals surface area contributed by atoms with Crippen LogP contribution in [-0.2, 0) is 12.8 Å². The molecule has 9 aromatic rings. The lowest BCUT2D eigenvalue weighted by molar-refractivity contribution is 1.19. The number of hydrogen-bond acceptors (Lipinski definition) is 0. The van der Waals surface area contributed by atoms with Gasteiger partial charge in [-0.05, 0) is 114 Å². The van der Waals surface area contributed by atoms with Crippen LogP contribution in [0.25, 0.3) is 47.6 Å². The molecule has 306 valence electrons. The van der Waals surface area contributed by atoms with E-state index in [9.17, 15) is 0 Å². The first-order valence-electron chi connectivity index (χ1n) is 22.2. The zero-order valence-corrected chi connectivity index (χ0v) is 36.0. The fourth-order valence-corrected chi connectivity index (χ4v) is 8.24. The molecule has 0 fully saturated rings. The Bertz CT molecular complexity index is 2810. The van der Waals surface area contributed by atoms with E-state index in [-0.39, 0.29) is 0 Å². The van der Waals surface area contributed by atoms with Crippen molar-refractivity contribution in [3.05, 3.63) is 321 Å². The summed E-state index contributed by atoms with van der Waals surface area (Å²) >= 11 is 0. The molecule has 9 aromatic carbocycles. The highest BCUT2D eigenvalue weighted by Crippen LogP contribution is 2.31. The second-order valence-electron chi connectivity index (χ2n) is 16.1. The average Bonchev–Trinajstić information content (AvgIpc) is 3.36. The van der Waals surface area contributed by atoms with E-state index in [4.69, 9.17) is 0 Å². The van der Waals surface area contributed by atoms with Gasteiger partial charge in [0.25, 0.3) is 0 Å². The first-order chi connectivity index (χ1) is 31.7. The second-order valence-corrected chi connectivity index (χ2v) is 16.1. The predicted molar refractivity (Wildman–Crippen MR) is 275 cm³/mol. The highest BCUT2D eigenvalue weighted by molar-refractivity contribution is 5.95. The van der Waals surface area contributed by atoms with Gasteiger partial charge in [0.1, 0.15) is 0 Å². The summed E-state index contributed by atoms with van der Waals surface area (Å²) in [6, 6.07) is 86.8. The van der Waals surface area contributed by atoms with Gasteiger partial charge in [0.05, 0.1) is 0 Å². The van der Waals surface area contributed by atoms with Gasteiger partial charge in [-0.1, -0.05) is 267 Å². The van der Waals surface area contributed by atoms with Crippen molar-refractivity contribution < 1.29 is 0 Å². The van der Waals surface area contributed by atoms with Crippen molar-refractivity contribution >= 4 is 47.6 Å². The molecule has 0 nitrogen and oxygen atoms in total. The van der Waals surface area contributed by atoms with Gasteiger partial charge in [-0.15, -0.1) is 0 Å². The molecule has 0 saturated carbocycles. The van der Waals surface area contributed by atoms with Gasteiger partial charge in [0, 0.05) is 0 Å². The normalized spacial score (nSPS) is 11.9. The fourth-order valence-electron chi connectivity index (χ4n) is 8.24. The van der Waals surface area contributed by atoms with Crippen LogP contribution in [0.15, 0.2) is 243 Å². The Balaban J connectivity index is 0.994. The Labute approximate surface area is 379 Å². The first-order valence-corrected chi connectivity index (χ1v) is 22.2. The molecule has 0 bridgehead atoms. The summed E-state index contributed by atoms with van der Waals surface area (Å²) in [4.78, 5) is 0. The van der Waals surface area contributed by atoms with Crippen LogP contribution in [0.3, 0.4) is 0 Å². The summed E-state index contributed by atoms with van der Waals surface area (Å²) in [7, 11) is 0. The van der Waals surface area contributed by atoms with E-state index in [0.29, 0.717) is 0 Å². The standard InChI is InChI=1S/C64H50/c1-5-19-49(20-6-1)45-51-33-37-59(38-34-51)63(57-27-9-3-10-28-57)47-61-31-17-15-25-55(61)43-41-53-23-13-14-24-54(53)42-44-56-26-16-18-32-62(56)48-64(58-29-11-4-12-30-58)60-39-35-52(36-40-60)46-50-21-7-2-8-22-50/h1-44,47-48H,45-46H2/b43-41?,44-42?,63-47-,64-48-. The van der Waals surface area contributed by atoms with Crippen molar-refractivity contribution in [2.24, 2.45) is 0 Å². The lowest BCUT2D eigenvalue weighted by Crippen LogP contribution is -1.92. The van der Waals surface area contributed by atoms with Crippen LogP contribution in [0.1, 0.15) is 77.9 Å². The Hall–Kier alpha value is -8.06. The Morgan fingerprint density at radius 2 is 0.453 bits per heavy atom. The van der Waals surface area contributed by atoms with E-state index in [1.807, 2.05) is 0 Å². The number of benzene rings is 9. The molecule has 0 aliphatic carbocycles. The largest absolute Gasteiger partial charge is 0.0622 e. The van der Waals surface area contributed by atoms with E-state index in [1.54, 1.807) is 0 Å². The highest BCUT2D eigenvalue weighted by Gasteiger charge is 2.10. The van der Waals surface area contributed by atoms with Gasteiger partial charge in [0.2, 0.25) is 0 Å². The van der Waals surface area contributed by atoms with Crippen molar-refractivity contribution in [2.45, 2.75) is 12.8 Å². The smallest absolute Gasteiger partial charge is 0.00258 e. The third kappa shape index (κ3) is 10.7. The van der Waals surface area contributed by atoms with Crippen LogP contribution < -0.4 is 0 Å². The Morgan fingerprint density at radius 1 is 0.219 bits per heavy atom. The maximum absolute atomic E-state index is 2.33. The summed E-state index contributed by atoms with van der Waals surface area (Å²) in [5.41, 5.74) is 19.4. The molecule has 0 amide bonds. The topological polar surface area (TPSA) is 0 Å². The van der Waals surface area contributed by atoms with Gasteiger partial charge in [0.15, 0.2) is 0 Å². The zero-order chi connectivity index (χ0) is 43.2. The molecule has 0 spiro atoms. The van der Waals surface area contributed by atoms with Crippen LogP contribution in [0.2, 0.25) is 0 Å². The summed E-state index contributed by atoms with van der Waals surface area (Å²) in [6.45, 7) is 0. The highest BCUT2D eigenvalue weighted by atomic mass is 14.1. The third-order valence-corrected chi connectivity index (χ3v) is 11.7. The van der Waals surface area contributed by atoms with Crippen molar-refractivity contribution in [1.29, 1.82) is 0 Å². The van der Waals surface area contributed by atoms with Gasteiger partial charge in [-0.25, -0.2) is 0 Å². The van der Waals surface area contributed by atoms with Crippen molar-refractivity contribution in [1.82, 2.24) is 0 Å². The molecule has 0 radical (unpaired) electrons. The SMILES string of the molecule is C(=Cc1ccccc1/C=C(/c1ccccc1)c1ccc(Cc2ccccc2)cc1)c1ccccc1C=Cc1ccccc1/C=C(/c1ccccc1)c1ccc(Cc2ccccc2)cc1. The minimum Gasteiger partial charge on any atom is -0.0622 e. The molecular formula is C64H50. The quantitative estimate of drug-likeness (QED) is 0.0959. The summed E-state index contributed by atoms with van der Waals surface area (Å²) in [5, 5.41) is 0. The second kappa shape index (κ2) is 20.7. The molecule has 0 saturated heterocycles. The zero-order valence-electron chi connectivity index (χ0n) is 36.0. The van der Waals surface area contributed by atoms with Crippen LogP contribution in [0, 0.1) is 0 Å². The molecule has 0 aliphatic rings. The Morgan fingerprint density at radius 3 is 0.781 bits per heavy atom. The minimum atomic E-state index is 0.916. The van der Waals surface area contributed by atoms with Crippen molar-refractivity contribution in [2.75, 3.05) is 0 Å². The van der Waals surface area contributed by atoms with Crippen LogP contribution >= 0.6 is 0 Å². The molecular weight excluding hydrogens is 769 g/mol. The fraction of sp³-hybridized carbons (Fsp3) is 0.0312.